The summed E-state index contributed by atoms with van der Waals surface area (Å²) in [5.41, 5.74) is 3.04. The number of terminal acetylenes is 1. The van der Waals surface area contributed by atoms with E-state index in [0.717, 1.165) is 25.3 Å². The van der Waals surface area contributed by atoms with Crippen LogP contribution in [0.25, 0.3) is 0 Å². The Morgan fingerprint density at radius 1 is 1.67 bits per heavy atom. The van der Waals surface area contributed by atoms with E-state index in [4.69, 9.17) is 6.42 Å². The Morgan fingerprint density at radius 2 is 2.47 bits per heavy atom. The van der Waals surface area contributed by atoms with Crippen LogP contribution in [0.1, 0.15) is 10.6 Å². The zero-order valence-electron chi connectivity index (χ0n) is 9.29. The van der Waals surface area contributed by atoms with Gasteiger partial charge in [0.05, 0.1) is 17.7 Å². The predicted octanol–water partition coefficient (Wildman–Crippen LogP) is 1.11. The minimum Gasteiger partial charge on any atom is -0.305 e. The molecule has 0 atom stereocenters. The van der Waals surface area contributed by atoms with Crippen molar-refractivity contribution in [1.29, 1.82) is 0 Å². The van der Waals surface area contributed by atoms with Crippen LogP contribution in [0.5, 0.6) is 0 Å². The van der Waals surface area contributed by atoms with Gasteiger partial charge in [-0.3, -0.25) is 4.90 Å². The topological polar surface area (TPSA) is 28.2 Å². The standard InChI is InChI=1S/C11H17N3S/c1-4-5-12-6-7-14(3)8-11-10(2)13-9-15-11/h1,9,12H,5-8H2,2-3H3. The fraction of sp³-hybridized carbons (Fsp3) is 0.545. The average molecular weight is 223 g/mol. The van der Waals surface area contributed by atoms with Gasteiger partial charge < -0.3 is 5.32 Å². The van der Waals surface area contributed by atoms with Crippen molar-refractivity contribution < 1.29 is 0 Å². The average Bonchev–Trinajstić information content (AvgIpc) is 2.59. The summed E-state index contributed by atoms with van der Waals surface area (Å²) in [5, 5.41) is 3.17. The molecular formula is C11H17N3S. The molecule has 0 radical (unpaired) electrons. The van der Waals surface area contributed by atoms with Crippen molar-refractivity contribution in [1.82, 2.24) is 15.2 Å². The van der Waals surface area contributed by atoms with Gasteiger partial charge in [-0.15, -0.1) is 17.8 Å². The summed E-state index contributed by atoms with van der Waals surface area (Å²) in [6, 6.07) is 0. The van der Waals surface area contributed by atoms with Gasteiger partial charge in [0.15, 0.2) is 0 Å². The molecule has 0 bridgehead atoms. The summed E-state index contributed by atoms with van der Waals surface area (Å²) >= 11 is 1.72. The van der Waals surface area contributed by atoms with E-state index in [1.54, 1.807) is 11.3 Å². The summed E-state index contributed by atoms with van der Waals surface area (Å²) in [5.74, 6) is 2.56. The number of likely N-dealkylation sites (N-methyl/N-ethyl adjacent to an activating group) is 1. The summed E-state index contributed by atoms with van der Waals surface area (Å²) < 4.78 is 0. The zero-order valence-corrected chi connectivity index (χ0v) is 10.1. The number of rotatable bonds is 6. The number of aromatic nitrogens is 1. The molecule has 0 saturated heterocycles. The van der Waals surface area contributed by atoms with E-state index >= 15 is 0 Å². The maximum absolute atomic E-state index is 5.14. The number of hydrogen-bond acceptors (Lipinski definition) is 4. The Bertz CT molecular complexity index is 327. The van der Waals surface area contributed by atoms with Gasteiger partial charge in [-0.1, -0.05) is 5.92 Å². The van der Waals surface area contributed by atoms with Crippen LogP contribution in [-0.2, 0) is 6.54 Å². The molecule has 0 unspecified atom stereocenters. The molecule has 0 amide bonds. The highest BCUT2D eigenvalue weighted by Gasteiger charge is 2.04. The van der Waals surface area contributed by atoms with Gasteiger partial charge in [0.1, 0.15) is 0 Å². The Hall–Kier alpha value is -0.890. The summed E-state index contributed by atoms with van der Waals surface area (Å²) in [6.45, 7) is 5.59. The molecule has 1 heterocycles. The van der Waals surface area contributed by atoms with Crippen molar-refractivity contribution in [2.24, 2.45) is 0 Å². The number of nitrogens with one attached hydrogen (secondary N) is 1. The van der Waals surface area contributed by atoms with E-state index in [1.807, 2.05) is 5.51 Å². The molecule has 1 rings (SSSR count). The predicted molar refractivity (Wildman–Crippen MR) is 64.9 cm³/mol. The molecule has 4 heteroatoms. The lowest BCUT2D eigenvalue weighted by molar-refractivity contribution is 0.329. The van der Waals surface area contributed by atoms with Crippen LogP contribution in [-0.4, -0.2) is 36.6 Å². The van der Waals surface area contributed by atoms with Gasteiger partial charge in [-0.25, -0.2) is 4.98 Å². The van der Waals surface area contributed by atoms with Gasteiger partial charge in [0.2, 0.25) is 0 Å². The molecule has 1 aromatic rings. The van der Waals surface area contributed by atoms with Crippen LogP contribution < -0.4 is 5.32 Å². The molecule has 0 aromatic carbocycles. The monoisotopic (exact) mass is 223 g/mol. The third kappa shape index (κ3) is 4.43. The van der Waals surface area contributed by atoms with E-state index in [1.165, 1.54) is 4.88 Å². The fourth-order valence-electron chi connectivity index (χ4n) is 1.23. The highest BCUT2D eigenvalue weighted by Crippen LogP contribution is 2.13. The first kappa shape index (κ1) is 12.2. The second kappa shape index (κ2) is 6.57. The van der Waals surface area contributed by atoms with Gasteiger partial charge in [-0.05, 0) is 14.0 Å². The minimum absolute atomic E-state index is 0.646. The highest BCUT2D eigenvalue weighted by atomic mass is 32.1. The molecule has 0 fully saturated rings. The SMILES string of the molecule is C#CCNCCN(C)Cc1scnc1C. The van der Waals surface area contributed by atoms with E-state index in [-0.39, 0.29) is 0 Å². The number of aryl methyl sites for hydroxylation is 1. The first-order valence-corrected chi connectivity index (χ1v) is 5.83. The second-order valence-electron chi connectivity index (χ2n) is 3.48. The largest absolute Gasteiger partial charge is 0.305 e. The minimum atomic E-state index is 0.646. The van der Waals surface area contributed by atoms with E-state index < -0.39 is 0 Å². The lowest BCUT2D eigenvalue weighted by Gasteiger charge is -2.15. The molecule has 15 heavy (non-hydrogen) atoms. The van der Waals surface area contributed by atoms with Crippen molar-refractivity contribution in [3.8, 4) is 12.3 Å². The zero-order chi connectivity index (χ0) is 11.1. The van der Waals surface area contributed by atoms with Crippen LogP contribution in [0.4, 0.5) is 0 Å². The molecule has 0 aliphatic carbocycles. The van der Waals surface area contributed by atoms with Crippen molar-refractivity contribution >= 4 is 11.3 Å². The van der Waals surface area contributed by atoms with Crippen molar-refractivity contribution in [2.45, 2.75) is 13.5 Å². The molecule has 82 valence electrons. The lowest BCUT2D eigenvalue weighted by atomic mass is 10.3. The summed E-state index contributed by atoms with van der Waals surface area (Å²) in [4.78, 5) is 7.84. The number of thiazole rings is 1. The molecule has 0 aliphatic heterocycles. The normalized spacial score (nSPS) is 10.5. The van der Waals surface area contributed by atoms with Gasteiger partial charge >= 0.3 is 0 Å². The molecule has 1 N–H and O–H groups in total. The van der Waals surface area contributed by atoms with Crippen molar-refractivity contribution in [3.63, 3.8) is 0 Å². The molecule has 0 spiro atoms. The third-order valence-electron chi connectivity index (χ3n) is 2.16. The Kier molecular flexibility index (Phi) is 5.33. The molecule has 3 nitrogen and oxygen atoms in total. The Morgan fingerprint density at radius 3 is 3.07 bits per heavy atom. The number of nitrogens with zero attached hydrogens (tertiary/aromatic N) is 2. The molecule has 0 saturated carbocycles. The third-order valence-corrected chi connectivity index (χ3v) is 3.08. The van der Waals surface area contributed by atoms with Gasteiger partial charge in [-0.2, -0.15) is 0 Å². The number of hydrogen-bond donors (Lipinski definition) is 1. The summed E-state index contributed by atoms with van der Waals surface area (Å²) in [7, 11) is 2.11. The lowest BCUT2D eigenvalue weighted by Crippen LogP contribution is -2.29. The quantitative estimate of drug-likeness (QED) is 0.578. The summed E-state index contributed by atoms with van der Waals surface area (Å²) in [6.07, 6.45) is 5.14. The van der Waals surface area contributed by atoms with Crippen molar-refractivity contribution in [3.05, 3.63) is 16.1 Å². The Labute approximate surface area is 95.5 Å². The van der Waals surface area contributed by atoms with Crippen molar-refractivity contribution in [2.75, 3.05) is 26.7 Å². The van der Waals surface area contributed by atoms with E-state index in [2.05, 4.69) is 35.1 Å². The van der Waals surface area contributed by atoms with Crippen LogP contribution in [0, 0.1) is 19.3 Å². The first-order valence-electron chi connectivity index (χ1n) is 4.95. The maximum atomic E-state index is 5.14. The van der Waals surface area contributed by atoms with E-state index in [9.17, 15) is 0 Å². The van der Waals surface area contributed by atoms with Crippen LogP contribution in [0.2, 0.25) is 0 Å². The highest BCUT2D eigenvalue weighted by molar-refractivity contribution is 7.09. The second-order valence-corrected chi connectivity index (χ2v) is 4.42. The maximum Gasteiger partial charge on any atom is 0.0798 e. The van der Waals surface area contributed by atoms with Crippen LogP contribution in [0.15, 0.2) is 5.51 Å². The first-order chi connectivity index (χ1) is 7.24. The fourth-order valence-corrected chi connectivity index (χ4v) is 2.09. The molecule has 0 aliphatic rings. The molecule has 1 aromatic heterocycles. The molecular weight excluding hydrogens is 206 g/mol. The van der Waals surface area contributed by atoms with Gasteiger partial charge in [0.25, 0.3) is 0 Å². The Balaban J connectivity index is 2.22. The van der Waals surface area contributed by atoms with E-state index in [0.29, 0.717) is 6.54 Å². The van der Waals surface area contributed by atoms with Crippen LogP contribution >= 0.6 is 11.3 Å². The smallest absolute Gasteiger partial charge is 0.0798 e. The van der Waals surface area contributed by atoms with Gasteiger partial charge in [0, 0.05) is 24.5 Å². The van der Waals surface area contributed by atoms with Crippen LogP contribution in [0.3, 0.4) is 0 Å².